The first-order valence-electron chi connectivity index (χ1n) is 20.3. The lowest BCUT2D eigenvalue weighted by Gasteiger charge is -2.16. The second kappa shape index (κ2) is 13.0. The Bertz CT molecular complexity index is 3540. The van der Waals surface area contributed by atoms with Crippen molar-refractivity contribution in [2.75, 3.05) is 0 Å². The predicted octanol–water partition coefficient (Wildman–Crippen LogP) is -2.16. The molecule has 11 rings (SSSR count). The number of para-hydroxylation sites is 2. The van der Waals surface area contributed by atoms with Crippen molar-refractivity contribution in [1.29, 1.82) is 0 Å². The van der Waals surface area contributed by atoms with Crippen molar-refractivity contribution in [3.05, 3.63) is 109 Å². The average Bonchev–Trinajstić information content (AvgIpc) is 3.96. The second-order valence-electron chi connectivity index (χ2n) is 16.2. The number of fused-ring (bicyclic) bond motifs is 9. The van der Waals surface area contributed by atoms with Gasteiger partial charge in [-0.15, -0.1) is 10.9 Å². The molecule has 6 nitrogen and oxygen atoms in total. The molecule has 0 N–H and O–H groups in total. The lowest BCUT2D eigenvalue weighted by molar-refractivity contribution is 0.668. The van der Waals surface area contributed by atoms with Gasteiger partial charge in [-0.2, -0.15) is 0 Å². The number of hydrogen-bond donors (Lipinski definition) is 0. The molecule has 59 heavy (non-hydrogen) atoms. The number of benzene rings is 7. The van der Waals surface area contributed by atoms with Crippen molar-refractivity contribution in [1.82, 2.24) is 19.5 Å². The van der Waals surface area contributed by atoms with Crippen LogP contribution in [0.4, 0.5) is 0 Å². The van der Waals surface area contributed by atoms with Gasteiger partial charge in [0.25, 0.3) is 0 Å². The van der Waals surface area contributed by atoms with Gasteiger partial charge < -0.3 is 13.4 Å². The highest BCUT2D eigenvalue weighted by molar-refractivity contribution is 6.71. The first-order chi connectivity index (χ1) is 28.6. The molecule has 0 spiro atoms. The van der Waals surface area contributed by atoms with Crippen molar-refractivity contribution in [2.24, 2.45) is 0 Å². The summed E-state index contributed by atoms with van der Waals surface area (Å²) < 4.78 is 15.7. The van der Waals surface area contributed by atoms with Crippen LogP contribution in [0.2, 0.25) is 0 Å². The first-order valence-corrected chi connectivity index (χ1v) is 20.3. The fourth-order valence-electron chi connectivity index (χ4n) is 9.44. The summed E-state index contributed by atoms with van der Waals surface area (Å²) in [6, 6.07) is 37.2. The van der Waals surface area contributed by atoms with E-state index in [-0.39, 0.29) is 0 Å². The van der Waals surface area contributed by atoms with E-state index in [4.69, 9.17) is 23.8 Å². The third-order valence-electron chi connectivity index (χ3n) is 13.3. The summed E-state index contributed by atoms with van der Waals surface area (Å²) in [6.07, 6.45) is 0. The molecule has 0 aliphatic carbocycles. The van der Waals surface area contributed by atoms with Crippen LogP contribution in [-0.2, 0) is 0 Å². The highest BCUT2D eigenvalue weighted by Gasteiger charge is 2.24. The molecule has 0 saturated heterocycles. The highest BCUT2D eigenvalue weighted by atomic mass is 16.3. The molecule has 0 radical (unpaired) electrons. The van der Waals surface area contributed by atoms with Gasteiger partial charge in [-0.1, -0.05) is 99.5 Å². The fourth-order valence-corrected chi connectivity index (χ4v) is 9.44. The van der Waals surface area contributed by atoms with Crippen molar-refractivity contribution in [3.8, 4) is 39.9 Å². The third-order valence-corrected chi connectivity index (χ3v) is 13.3. The standard InChI is InChI=1S/C45H34B8N4O2/c46-32-30-31-33(47)35(49)37(51)39(53)41(31)57(40(30)38(52)36(50)34(32)48)21-14-16-24-23-15-13-20(17-28(23)58-29(24)18-21)44-54-43(19-7-2-1-3-8-19)55-45(56-44)26-11-6-10-25-22-9-4-5-12-27(22)59-42(25)26/h1-18H,46-53H2. The van der Waals surface area contributed by atoms with Crippen LogP contribution >= 0.6 is 0 Å². The summed E-state index contributed by atoms with van der Waals surface area (Å²) in [5, 5.41) is 6.89. The average molecular weight is 749 g/mol. The molecule has 0 unspecified atom stereocenters. The van der Waals surface area contributed by atoms with E-state index >= 15 is 0 Å². The SMILES string of the molecule is Bc1c(B)c(B)c2c(c1B)c1c(B)c(B)c(B)c(B)c1n2-c1ccc2c(c1)oc1cc(-c3nc(-c4ccccc4)nc(-c4cccc5c4oc4ccccc45)n3)ccc12. The predicted molar refractivity (Wildman–Crippen MR) is 270 cm³/mol. The Hall–Kier alpha value is -6.53. The molecule has 0 atom stereocenters. The van der Waals surface area contributed by atoms with Crippen LogP contribution < -0.4 is 43.7 Å². The fraction of sp³-hybridized carbons (Fsp3) is 0. The summed E-state index contributed by atoms with van der Waals surface area (Å²) in [5.74, 6) is 1.69. The van der Waals surface area contributed by atoms with Gasteiger partial charge >= 0.3 is 0 Å². The summed E-state index contributed by atoms with van der Waals surface area (Å²) in [6.45, 7) is 0. The van der Waals surface area contributed by atoms with Crippen molar-refractivity contribution < 1.29 is 8.83 Å². The van der Waals surface area contributed by atoms with E-state index in [0.717, 1.165) is 66.3 Å². The monoisotopic (exact) mass is 750 g/mol. The Morgan fingerprint density at radius 3 is 1.63 bits per heavy atom. The topological polar surface area (TPSA) is 69.9 Å². The van der Waals surface area contributed by atoms with Crippen LogP contribution in [0.5, 0.6) is 0 Å². The molecule has 0 amide bonds. The lowest BCUT2D eigenvalue weighted by Crippen LogP contribution is -2.49. The first kappa shape index (κ1) is 35.6. The molecular formula is C45H34B8N4O2. The van der Waals surface area contributed by atoms with E-state index < -0.39 is 0 Å². The van der Waals surface area contributed by atoms with Crippen LogP contribution in [0.15, 0.2) is 118 Å². The molecule has 270 valence electrons. The Labute approximate surface area is 348 Å². The van der Waals surface area contributed by atoms with Gasteiger partial charge in [0.2, 0.25) is 0 Å². The van der Waals surface area contributed by atoms with Crippen LogP contribution in [0, 0.1) is 0 Å². The second-order valence-corrected chi connectivity index (χ2v) is 16.2. The number of hydrogen-bond acceptors (Lipinski definition) is 5. The molecule has 0 bridgehead atoms. The molecule has 11 aromatic rings. The maximum Gasteiger partial charge on any atom is 0.167 e. The molecule has 0 aliphatic heterocycles. The van der Waals surface area contributed by atoms with E-state index in [9.17, 15) is 0 Å². The molecule has 4 heterocycles. The van der Waals surface area contributed by atoms with E-state index in [0.29, 0.717) is 17.5 Å². The van der Waals surface area contributed by atoms with Gasteiger partial charge in [-0.3, -0.25) is 0 Å². The molecular weight excluding hydrogens is 715 g/mol. The molecule has 0 fully saturated rings. The zero-order valence-electron chi connectivity index (χ0n) is 34.5. The Kier molecular flexibility index (Phi) is 7.84. The number of aromatic nitrogens is 4. The summed E-state index contributed by atoms with van der Waals surface area (Å²) >= 11 is 0. The Morgan fingerprint density at radius 2 is 0.932 bits per heavy atom. The summed E-state index contributed by atoms with van der Waals surface area (Å²) in [4.78, 5) is 15.2. The quantitative estimate of drug-likeness (QED) is 0.192. The van der Waals surface area contributed by atoms with Gasteiger partial charge in [0, 0.05) is 55.5 Å². The molecule has 14 heteroatoms. The Balaban J connectivity index is 1.10. The third kappa shape index (κ3) is 5.14. The van der Waals surface area contributed by atoms with Gasteiger partial charge in [0.15, 0.2) is 17.5 Å². The normalized spacial score (nSPS) is 11.9. The van der Waals surface area contributed by atoms with Gasteiger partial charge in [0.1, 0.15) is 85.1 Å². The van der Waals surface area contributed by atoms with E-state index in [1.807, 2.05) is 60.7 Å². The minimum atomic E-state index is 0.547. The largest absolute Gasteiger partial charge is 0.456 e. The van der Waals surface area contributed by atoms with Crippen LogP contribution in [0.1, 0.15) is 0 Å². The lowest BCUT2D eigenvalue weighted by atomic mass is 9.63. The summed E-state index contributed by atoms with van der Waals surface area (Å²) in [5.41, 5.74) is 20.1. The Morgan fingerprint density at radius 1 is 0.390 bits per heavy atom. The van der Waals surface area contributed by atoms with Crippen molar-refractivity contribution >= 4 is 172 Å². The molecule has 4 aromatic heterocycles. The van der Waals surface area contributed by atoms with Crippen LogP contribution in [-0.4, -0.2) is 82.3 Å². The van der Waals surface area contributed by atoms with E-state index in [2.05, 4.69) is 116 Å². The van der Waals surface area contributed by atoms with Gasteiger partial charge in [-0.25, -0.2) is 15.0 Å². The van der Waals surface area contributed by atoms with Crippen molar-refractivity contribution in [3.63, 3.8) is 0 Å². The molecule has 0 aliphatic rings. The maximum atomic E-state index is 6.79. The maximum absolute atomic E-state index is 6.79. The van der Waals surface area contributed by atoms with E-state index in [1.165, 1.54) is 65.5 Å². The van der Waals surface area contributed by atoms with Crippen LogP contribution in [0.25, 0.3) is 106 Å². The van der Waals surface area contributed by atoms with Gasteiger partial charge in [-0.05, 0) is 47.2 Å². The number of rotatable bonds is 4. The zero-order valence-corrected chi connectivity index (χ0v) is 34.5. The van der Waals surface area contributed by atoms with Crippen LogP contribution in [0.3, 0.4) is 0 Å². The van der Waals surface area contributed by atoms with Crippen molar-refractivity contribution in [2.45, 2.75) is 0 Å². The number of nitrogens with zero attached hydrogens (tertiary/aromatic N) is 4. The number of furan rings is 2. The highest BCUT2D eigenvalue weighted by Crippen LogP contribution is 2.38. The minimum absolute atomic E-state index is 0.547. The molecule has 0 saturated carbocycles. The smallest absolute Gasteiger partial charge is 0.167 e. The molecule has 7 aromatic carbocycles. The summed E-state index contributed by atoms with van der Waals surface area (Å²) in [7, 11) is 18.2. The van der Waals surface area contributed by atoms with E-state index in [1.54, 1.807) is 0 Å². The zero-order chi connectivity index (χ0) is 40.4. The minimum Gasteiger partial charge on any atom is -0.456 e. The van der Waals surface area contributed by atoms with Gasteiger partial charge in [0.05, 0.1) is 5.56 Å².